The molecule has 1 heterocycles. The summed E-state index contributed by atoms with van der Waals surface area (Å²) in [4.78, 5) is 11.9. The summed E-state index contributed by atoms with van der Waals surface area (Å²) in [6.07, 6.45) is 2.58. The van der Waals surface area contributed by atoms with Crippen LogP contribution in [0.3, 0.4) is 0 Å². The van der Waals surface area contributed by atoms with E-state index < -0.39 is 0 Å². The molecule has 0 aromatic heterocycles. The Bertz CT molecular complexity index is 412. The van der Waals surface area contributed by atoms with Gasteiger partial charge < -0.3 is 15.8 Å². The zero-order chi connectivity index (χ0) is 12.3. The van der Waals surface area contributed by atoms with Crippen molar-refractivity contribution in [3.8, 4) is 0 Å². The van der Waals surface area contributed by atoms with Crippen molar-refractivity contribution in [2.45, 2.75) is 32.3 Å². The minimum absolute atomic E-state index is 0.0760. The number of benzene rings is 1. The first-order valence-electron chi connectivity index (χ1n) is 5.95. The molecule has 92 valence electrons. The van der Waals surface area contributed by atoms with Gasteiger partial charge in [0.05, 0.1) is 0 Å². The number of aryl methyl sites for hydroxylation is 1. The molecule has 17 heavy (non-hydrogen) atoms. The maximum Gasteiger partial charge on any atom is 0.253 e. The van der Waals surface area contributed by atoms with Crippen molar-refractivity contribution >= 4 is 17.3 Å². The van der Waals surface area contributed by atoms with Crippen LogP contribution in [-0.4, -0.2) is 18.6 Å². The van der Waals surface area contributed by atoms with E-state index in [9.17, 15) is 4.79 Å². The second-order valence-corrected chi connectivity index (χ2v) is 4.42. The van der Waals surface area contributed by atoms with Gasteiger partial charge in [0.15, 0.2) is 0 Å². The quantitative estimate of drug-likeness (QED) is 0.770. The van der Waals surface area contributed by atoms with Gasteiger partial charge in [-0.1, -0.05) is 6.07 Å². The second-order valence-electron chi connectivity index (χ2n) is 4.42. The van der Waals surface area contributed by atoms with Crippen LogP contribution in [0.1, 0.15) is 24.8 Å². The molecule has 1 unspecified atom stereocenters. The average Bonchev–Trinajstić information content (AvgIpc) is 2.35. The third kappa shape index (κ3) is 2.97. The summed E-state index contributed by atoms with van der Waals surface area (Å²) in [5.41, 5.74) is 8.22. The minimum atomic E-state index is -0.314. The molecule has 1 fully saturated rings. The zero-order valence-corrected chi connectivity index (χ0v) is 10.0. The number of ether oxygens (including phenoxy) is 1. The highest BCUT2D eigenvalue weighted by molar-refractivity contribution is 5.94. The van der Waals surface area contributed by atoms with Crippen molar-refractivity contribution in [1.29, 1.82) is 0 Å². The summed E-state index contributed by atoms with van der Waals surface area (Å²) in [5.74, 6) is -0.0760. The molecule has 1 saturated heterocycles. The van der Waals surface area contributed by atoms with Crippen LogP contribution in [0.4, 0.5) is 11.4 Å². The van der Waals surface area contributed by atoms with Gasteiger partial charge in [0.25, 0.3) is 5.91 Å². The first-order valence-corrected chi connectivity index (χ1v) is 5.95. The molecule has 3 N–H and O–H groups in total. The predicted octanol–water partition coefficient (Wildman–Crippen LogP) is 2.08. The molecule has 1 atom stereocenters. The van der Waals surface area contributed by atoms with Gasteiger partial charge in [-0.3, -0.25) is 4.79 Å². The molecule has 2 rings (SSSR count). The van der Waals surface area contributed by atoms with E-state index in [0.29, 0.717) is 12.3 Å². The van der Waals surface area contributed by atoms with Crippen molar-refractivity contribution in [2.75, 3.05) is 17.7 Å². The highest BCUT2D eigenvalue weighted by atomic mass is 16.5. The number of carbonyl (C=O) groups excluding carboxylic acids is 1. The van der Waals surface area contributed by atoms with Crippen LogP contribution in [0.15, 0.2) is 18.2 Å². The molecule has 1 aromatic rings. The van der Waals surface area contributed by atoms with Gasteiger partial charge in [-0.25, -0.2) is 0 Å². The summed E-state index contributed by atoms with van der Waals surface area (Å²) in [5, 5.41) is 2.84. The van der Waals surface area contributed by atoms with Crippen LogP contribution in [-0.2, 0) is 9.53 Å². The lowest BCUT2D eigenvalue weighted by Gasteiger charge is -2.21. The number of nitrogen functional groups attached to an aromatic ring is 1. The van der Waals surface area contributed by atoms with Gasteiger partial charge in [-0.2, -0.15) is 0 Å². The van der Waals surface area contributed by atoms with E-state index in [1.54, 1.807) is 6.07 Å². The number of anilines is 2. The molecule has 0 saturated carbocycles. The van der Waals surface area contributed by atoms with Crippen molar-refractivity contribution in [3.05, 3.63) is 23.8 Å². The van der Waals surface area contributed by atoms with E-state index in [4.69, 9.17) is 10.5 Å². The maximum atomic E-state index is 11.9. The van der Waals surface area contributed by atoms with Crippen molar-refractivity contribution in [1.82, 2.24) is 0 Å². The molecule has 4 heteroatoms. The van der Waals surface area contributed by atoms with E-state index in [2.05, 4.69) is 5.32 Å². The SMILES string of the molecule is Cc1ccc(NC(=O)C2CCCCO2)cc1N. The van der Waals surface area contributed by atoms with E-state index in [1.165, 1.54) is 0 Å². The Labute approximate surface area is 101 Å². The molecular weight excluding hydrogens is 216 g/mol. The first kappa shape index (κ1) is 11.9. The van der Waals surface area contributed by atoms with Crippen LogP contribution < -0.4 is 11.1 Å². The summed E-state index contributed by atoms with van der Waals surface area (Å²) in [6.45, 7) is 2.61. The Morgan fingerprint density at radius 3 is 2.94 bits per heavy atom. The molecule has 1 aliphatic heterocycles. The number of amides is 1. The molecule has 0 spiro atoms. The van der Waals surface area contributed by atoms with E-state index >= 15 is 0 Å². The van der Waals surface area contributed by atoms with Crippen molar-refractivity contribution in [2.24, 2.45) is 0 Å². The minimum Gasteiger partial charge on any atom is -0.398 e. The standard InChI is InChI=1S/C13H18N2O2/c1-9-5-6-10(8-11(9)14)15-13(16)12-4-2-3-7-17-12/h5-6,8,12H,2-4,7,14H2,1H3,(H,15,16). The Hall–Kier alpha value is -1.55. The summed E-state index contributed by atoms with van der Waals surface area (Å²) >= 11 is 0. The van der Waals surface area contributed by atoms with Gasteiger partial charge in [0.2, 0.25) is 0 Å². The fourth-order valence-electron chi connectivity index (χ4n) is 1.89. The van der Waals surface area contributed by atoms with Crippen LogP contribution in [0, 0.1) is 6.92 Å². The second kappa shape index (κ2) is 5.19. The third-order valence-electron chi connectivity index (χ3n) is 3.02. The Kier molecular flexibility index (Phi) is 3.64. The van der Waals surface area contributed by atoms with E-state index in [0.717, 1.165) is 30.5 Å². The molecular formula is C13H18N2O2. The lowest BCUT2D eigenvalue weighted by molar-refractivity contribution is -0.129. The topological polar surface area (TPSA) is 64.3 Å². The number of nitrogens with one attached hydrogen (secondary N) is 1. The molecule has 1 aliphatic rings. The third-order valence-corrected chi connectivity index (χ3v) is 3.02. The van der Waals surface area contributed by atoms with Crippen molar-refractivity contribution in [3.63, 3.8) is 0 Å². The summed E-state index contributed by atoms with van der Waals surface area (Å²) in [7, 11) is 0. The molecule has 0 radical (unpaired) electrons. The lowest BCUT2D eigenvalue weighted by Crippen LogP contribution is -2.33. The highest BCUT2D eigenvalue weighted by Crippen LogP contribution is 2.19. The fraction of sp³-hybridized carbons (Fsp3) is 0.462. The van der Waals surface area contributed by atoms with Crippen LogP contribution in [0.2, 0.25) is 0 Å². The maximum absolute atomic E-state index is 11.9. The molecule has 1 amide bonds. The van der Waals surface area contributed by atoms with Gasteiger partial charge in [-0.05, 0) is 43.9 Å². The van der Waals surface area contributed by atoms with Gasteiger partial charge in [0, 0.05) is 18.0 Å². The van der Waals surface area contributed by atoms with Crippen LogP contribution in [0.5, 0.6) is 0 Å². The summed E-state index contributed by atoms with van der Waals surface area (Å²) < 4.78 is 5.42. The average molecular weight is 234 g/mol. The monoisotopic (exact) mass is 234 g/mol. The highest BCUT2D eigenvalue weighted by Gasteiger charge is 2.21. The zero-order valence-electron chi connectivity index (χ0n) is 10.0. The molecule has 0 bridgehead atoms. The normalized spacial score (nSPS) is 19.9. The van der Waals surface area contributed by atoms with Gasteiger partial charge in [0.1, 0.15) is 6.10 Å². The first-order chi connectivity index (χ1) is 8.16. The number of carbonyl (C=O) groups is 1. The van der Waals surface area contributed by atoms with Gasteiger partial charge in [-0.15, -0.1) is 0 Å². The Morgan fingerprint density at radius 1 is 1.47 bits per heavy atom. The predicted molar refractivity (Wildman–Crippen MR) is 67.8 cm³/mol. The van der Waals surface area contributed by atoms with Gasteiger partial charge >= 0.3 is 0 Å². The largest absolute Gasteiger partial charge is 0.398 e. The van der Waals surface area contributed by atoms with E-state index in [1.807, 2.05) is 19.1 Å². The molecule has 1 aromatic carbocycles. The Morgan fingerprint density at radius 2 is 2.29 bits per heavy atom. The number of rotatable bonds is 2. The smallest absolute Gasteiger partial charge is 0.253 e. The van der Waals surface area contributed by atoms with Crippen LogP contribution >= 0.6 is 0 Å². The lowest BCUT2D eigenvalue weighted by atomic mass is 10.1. The number of hydrogen-bond acceptors (Lipinski definition) is 3. The molecule has 0 aliphatic carbocycles. The molecule has 4 nitrogen and oxygen atoms in total. The Balaban J connectivity index is 1.99. The van der Waals surface area contributed by atoms with E-state index in [-0.39, 0.29) is 12.0 Å². The number of hydrogen-bond donors (Lipinski definition) is 2. The number of nitrogens with two attached hydrogens (primary N) is 1. The fourth-order valence-corrected chi connectivity index (χ4v) is 1.89. The summed E-state index contributed by atoms with van der Waals surface area (Å²) in [6, 6.07) is 5.52. The van der Waals surface area contributed by atoms with Crippen LogP contribution in [0.25, 0.3) is 0 Å². The van der Waals surface area contributed by atoms with Crippen molar-refractivity contribution < 1.29 is 9.53 Å².